The van der Waals surface area contributed by atoms with E-state index in [1.54, 1.807) is 11.3 Å². The van der Waals surface area contributed by atoms with Crippen LogP contribution in [0.3, 0.4) is 0 Å². The minimum atomic E-state index is 0.832. The highest BCUT2D eigenvalue weighted by Gasteiger charge is 1.98. The molecule has 0 amide bonds. The molecule has 15 heavy (non-hydrogen) atoms. The van der Waals surface area contributed by atoms with Crippen LogP contribution in [0.5, 0.6) is 0 Å². The van der Waals surface area contributed by atoms with E-state index in [4.69, 9.17) is 0 Å². The first-order valence-electron chi connectivity index (χ1n) is 4.69. The zero-order chi connectivity index (χ0) is 10.5. The Kier molecular flexibility index (Phi) is 3.88. The third kappa shape index (κ3) is 3.12. The molecule has 2 aromatic rings. The van der Waals surface area contributed by atoms with Crippen LogP contribution in [0.15, 0.2) is 40.3 Å². The number of nitrogens with one attached hydrogen (secondary N) is 1. The number of halogens is 1. The van der Waals surface area contributed by atoms with E-state index < -0.39 is 0 Å². The van der Waals surface area contributed by atoms with E-state index in [-0.39, 0.29) is 0 Å². The van der Waals surface area contributed by atoms with Crippen molar-refractivity contribution in [3.05, 3.63) is 50.9 Å². The topological polar surface area (TPSA) is 24.9 Å². The molecule has 0 aliphatic heterocycles. The zero-order valence-electron chi connectivity index (χ0n) is 8.11. The standard InChI is InChI=1S/C11H11BrN2S/c12-10-4-2-1-3-9(10)7-13-8-11-14-5-6-15-11/h1-6,13H,7-8H2. The average molecular weight is 283 g/mol. The lowest BCUT2D eigenvalue weighted by Gasteiger charge is -2.04. The van der Waals surface area contributed by atoms with Gasteiger partial charge in [0.1, 0.15) is 5.01 Å². The Balaban J connectivity index is 1.86. The molecule has 0 saturated heterocycles. The summed E-state index contributed by atoms with van der Waals surface area (Å²) in [5, 5.41) is 6.49. The molecule has 1 N–H and O–H groups in total. The fourth-order valence-electron chi connectivity index (χ4n) is 1.29. The first kappa shape index (κ1) is 10.8. The first-order chi connectivity index (χ1) is 7.36. The second-order valence-electron chi connectivity index (χ2n) is 3.12. The van der Waals surface area contributed by atoms with Crippen LogP contribution in [0.4, 0.5) is 0 Å². The van der Waals surface area contributed by atoms with Crippen LogP contribution in [-0.2, 0) is 13.1 Å². The number of hydrogen-bond donors (Lipinski definition) is 1. The molecule has 0 aliphatic carbocycles. The lowest BCUT2D eigenvalue weighted by atomic mass is 10.2. The van der Waals surface area contributed by atoms with Gasteiger partial charge in [-0.25, -0.2) is 4.98 Å². The summed E-state index contributed by atoms with van der Waals surface area (Å²) >= 11 is 5.20. The van der Waals surface area contributed by atoms with Gasteiger partial charge in [-0.05, 0) is 11.6 Å². The first-order valence-corrected chi connectivity index (χ1v) is 6.36. The van der Waals surface area contributed by atoms with Crippen molar-refractivity contribution in [2.45, 2.75) is 13.1 Å². The molecule has 0 atom stereocenters. The molecule has 0 unspecified atom stereocenters. The Labute approximate surface area is 101 Å². The zero-order valence-corrected chi connectivity index (χ0v) is 10.5. The van der Waals surface area contributed by atoms with Crippen molar-refractivity contribution in [1.29, 1.82) is 0 Å². The minimum Gasteiger partial charge on any atom is -0.306 e. The highest BCUT2D eigenvalue weighted by Crippen LogP contribution is 2.15. The Morgan fingerprint density at radius 2 is 2.13 bits per heavy atom. The van der Waals surface area contributed by atoms with Gasteiger partial charge in [0.15, 0.2) is 0 Å². The van der Waals surface area contributed by atoms with E-state index in [0.29, 0.717) is 0 Å². The van der Waals surface area contributed by atoms with Crippen LogP contribution in [0.25, 0.3) is 0 Å². The second-order valence-corrected chi connectivity index (χ2v) is 4.95. The van der Waals surface area contributed by atoms with Crippen LogP contribution in [0, 0.1) is 0 Å². The van der Waals surface area contributed by atoms with Crippen molar-refractivity contribution >= 4 is 27.3 Å². The lowest BCUT2D eigenvalue weighted by Crippen LogP contribution is -2.12. The van der Waals surface area contributed by atoms with Gasteiger partial charge in [-0.15, -0.1) is 11.3 Å². The number of benzene rings is 1. The summed E-state index contributed by atoms with van der Waals surface area (Å²) < 4.78 is 1.15. The van der Waals surface area contributed by atoms with Crippen molar-refractivity contribution in [1.82, 2.24) is 10.3 Å². The smallest absolute Gasteiger partial charge is 0.106 e. The van der Waals surface area contributed by atoms with Crippen molar-refractivity contribution in [3.63, 3.8) is 0 Å². The fourth-order valence-corrected chi connectivity index (χ4v) is 2.30. The molecule has 2 rings (SSSR count). The van der Waals surface area contributed by atoms with Gasteiger partial charge in [0.25, 0.3) is 0 Å². The van der Waals surface area contributed by atoms with Crippen molar-refractivity contribution in [3.8, 4) is 0 Å². The Hall–Kier alpha value is -0.710. The lowest BCUT2D eigenvalue weighted by molar-refractivity contribution is 0.688. The van der Waals surface area contributed by atoms with E-state index in [0.717, 1.165) is 22.6 Å². The van der Waals surface area contributed by atoms with Gasteiger partial charge in [0.2, 0.25) is 0 Å². The van der Waals surface area contributed by atoms with Crippen molar-refractivity contribution in [2.24, 2.45) is 0 Å². The molecule has 1 aromatic carbocycles. The number of hydrogen-bond acceptors (Lipinski definition) is 3. The highest BCUT2D eigenvalue weighted by molar-refractivity contribution is 9.10. The van der Waals surface area contributed by atoms with E-state index in [9.17, 15) is 0 Å². The van der Waals surface area contributed by atoms with Crippen LogP contribution in [0.1, 0.15) is 10.6 Å². The normalized spacial score (nSPS) is 10.5. The van der Waals surface area contributed by atoms with Crippen LogP contribution in [0.2, 0.25) is 0 Å². The van der Waals surface area contributed by atoms with Gasteiger partial charge in [-0.2, -0.15) is 0 Å². The summed E-state index contributed by atoms with van der Waals surface area (Å²) in [4.78, 5) is 4.21. The predicted octanol–water partition coefficient (Wildman–Crippen LogP) is 3.20. The molecule has 0 aliphatic rings. The van der Waals surface area contributed by atoms with E-state index in [2.05, 4.69) is 38.4 Å². The van der Waals surface area contributed by atoms with Gasteiger partial charge in [0.05, 0.1) is 0 Å². The van der Waals surface area contributed by atoms with Gasteiger partial charge < -0.3 is 5.32 Å². The molecule has 2 nitrogen and oxygen atoms in total. The summed E-state index contributed by atoms with van der Waals surface area (Å²) in [6, 6.07) is 8.24. The molecule has 0 fully saturated rings. The molecular weight excluding hydrogens is 272 g/mol. The molecular formula is C11H11BrN2S. The number of rotatable bonds is 4. The summed E-state index contributed by atoms with van der Waals surface area (Å²) in [6.07, 6.45) is 1.83. The summed E-state index contributed by atoms with van der Waals surface area (Å²) in [5.41, 5.74) is 1.27. The third-order valence-corrected chi connectivity index (χ3v) is 3.59. The summed E-state index contributed by atoms with van der Waals surface area (Å²) in [5.74, 6) is 0. The Morgan fingerprint density at radius 3 is 2.87 bits per heavy atom. The number of aromatic nitrogens is 1. The van der Waals surface area contributed by atoms with Crippen molar-refractivity contribution in [2.75, 3.05) is 0 Å². The Bertz CT molecular complexity index is 414. The van der Waals surface area contributed by atoms with Gasteiger partial charge >= 0.3 is 0 Å². The van der Waals surface area contributed by atoms with Gasteiger partial charge in [0, 0.05) is 29.1 Å². The van der Waals surface area contributed by atoms with Crippen LogP contribution in [-0.4, -0.2) is 4.98 Å². The molecule has 0 spiro atoms. The monoisotopic (exact) mass is 282 g/mol. The number of thiazole rings is 1. The van der Waals surface area contributed by atoms with Crippen molar-refractivity contribution < 1.29 is 0 Å². The van der Waals surface area contributed by atoms with Crippen LogP contribution < -0.4 is 5.32 Å². The Morgan fingerprint density at radius 1 is 1.27 bits per heavy atom. The quantitative estimate of drug-likeness (QED) is 0.932. The predicted molar refractivity (Wildman–Crippen MR) is 66.8 cm³/mol. The molecule has 0 bridgehead atoms. The third-order valence-electron chi connectivity index (χ3n) is 2.03. The SMILES string of the molecule is Brc1ccccc1CNCc1nccs1. The largest absolute Gasteiger partial charge is 0.306 e. The molecule has 1 heterocycles. The summed E-state index contributed by atoms with van der Waals surface area (Å²) in [6.45, 7) is 1.69. The van der Waals surface area contributed by atoms with E-state index in [1.807, 2.05) is 23.7 Å². The fraction of sp³-hybridized carbons (Fsp3) is 0.182. The molecule has 1 aromatic heterocycles. The van der Waals surface area contributed by atoms with Gasteiger partial charge in [-0.1, -0.05) is 34.1 Å². The summed E-state index contributed by atoms with van der Waals surface area (Å²) in [7, 11) is 0. The average Bonchev–Trinajstić information content (AvgIpc) is 2.74. The van der Waals surface area contributed by atoms with Crippen LogP contribution >= 0.6 is 27.3 Å². The van der Waals surface area contributed by atoms with E-state index in [1.165, 1.54) is 5.56 Å². The second kappa shape index (κ2) is 5.39. The maximum absolute atomic E-state index is 4.21. The molecule has 4 heteroatoms. The molecule has 78 valence electrons. The molecule has 0 saturated carbocycles. The van der Waals surface area contributed by atoms with E-state index >= 15 is 0 Å². The minimum absolute atomic E-state index is 0.832. The molecule has 0 radical (unpaired) electrons. The maximum Gasteiger partial charge on any atom is 0.106 e. The number of nitrogens with zero attached hydrogens (tertiary/aromatic N) is 1. The highest BCUT2D eigenvalue weighted by atomic mass is 79.9. The van der Waals surface area contributed by atoms with Gasteiger partial charge in [-0.3, -0.25) is 0 Å². The maximum atomic E-state index is 4.21.